The number of nitrogens with one attached hydrogen (secondary N) is 1. The quantitative estimate of drug-likeness (QED) is 0.785. The molecule has 1 amide bonds. The van der Waals surface area contributed by atoms with Crippen LogP contribution in [-0.2, 0) is 11.3 Å². The maximum Gasteiger partial charge on any atom is 0.254 e. The van der Waals surface area contributed by atoms with Crippen LogP contribution in [0.5, 0.6) is 0 Å². The number of aliphatic hydroxyl groups is 1. The Balaban J connectivity index is 1.82. The summed E-state index contributed by atoms with van der Waals surface area (Å²) in [6, 6.07) is 3.23. The third-order valence-corrected chi connectivity index (χ3v) is 5.24. The third kappa shape index (κ3) is 3.80. The van der Waals surface area contributed by atoms with E-state index in [-0.39, 0.29) is 23.4 Å². The number of likely N-dealkylation sites (N-methyl/N-ethyl adjacent to an activating group) is 1. The van der Waals surface area contributed by atoms with E-state index in [1.807, 2.05) is 18.9 Å². The fourth-order valence-electron chi connectivity index (χ4n) is 3.55. The highest BCUT2D eigenvalue weighted by Crippen LogP contribution is 2.39. The number of hydrogen-bond acceptors (Lipinski definition) is 4. The second-order valence-electron chi connectivity index (χ2n) is 7.10. The van der Waals surface area contributed by atoms with Crippen LogP contribution >= 0.6 is 0 Å². The number of hydrogen-bond donors (Lipinski definition) is 2. The van der Waals surface area contributed by atoms with Crippen molar-refractivity contribution < 1.29 is 18.7 Å². The van der Waals surface area contributed by atoms with Gasteiger partial charge in [-0.15, -0.1) is 0 Å². The molecule has 0 spiro atoms. The maximum absolute atomic E-state index is 13.8. The highest BCUT2D eigenvalue weighted by Gasteiger charge is 2.36. The van der Waals surface area contributed by atoms with E-state index in [9.17, 15) is 18.7 Å². The first-order chi connectivity index (χ1) is 13.3. The number of rotatable bonds is 6. The predicted octanol–water partition coefficient (Wildman–Crippen LogP) is 3.22. The van der Waals surface area contributed by atoms with Gasteiger partial charge in [0.2, 0.25) is 0 Å². The molecule has 5 nitrogen and oxygen atoms in total. The van der Waals surface area contributed by atoms with E-state index in [0.717, 1.165) is 43.0 Å². The van der Waals surface area contributed by atoms with Gasteiger partial charge in [-0.05, 0) is 32.5 Å². The summed E-state index contributed by atoms with van der Waals surface area (Å²) in [6.45, 7) is 7.99. The Hall–Kier alpha value is -2.67. The number of nitrogens with zero attached hydrogens (tertiary/aromatic N) is 2. The number of fused-ring (bicyclic) bond motifs is 1. The minimum absolute atomic E-state index is 0.0177. The molecule has 2 aliphatic heterocycles. The van der Waals surface area contributed by atoms with Gasteiger partial charge in [0.1, 0.15) is 17.4 Å². The molecule has 0 radical (unpaired) electrons. The average Bonchev–Trinajstić information content (AvgIpc) is 3.13. The highest BCUT2D eigenvalue weighted by atomic mass is 19.1. The van der Waals surface area contributed by atoms with Crippen molar-refractivity contribution in [3.05, 3.63) is 70.3 Å². The Bertz CT molecular complexity index is 876. The molecule has 28 heavy (non-hydrogen) atoms. The van der Waals surface area contributed by atoms with Crippen LogP contribution in [0.4, 0.5) is 8.78 Å². The van der Waals surface area contributed by atoms with E-state index < -0.39 is 17.5 Å². The molecule has 0 unspecified atom stereocenters. The Morgan fingerprint density at radius 1 is 1.39 bits per heavy atom. The first kappa shape index (κ1) is 20.1. The first-order valence-corrected chi connectivity index (χ1v) is 9.36. The number of halogens is 2. The SMILES string of the molecule is C=C1C(O)=C(CN(C)CC)N2CCCC2=C1C(=O)NCc1ccc(F)cc1F. The molecule has 1 aromatic carbocycles. The molecule has 150 valence electrons. The molecule has 1 aromatic rings. The molecule has 0 atom stereocenters. The summed E-state index contributed by atoms with van der Waals surface area (Å²) in [5, 5.41) is 13.4. The van der Waals surface area contributed by atoms with Crippen molar-refractivity contribution in [2.45, 2.75) is 26.3 Å². The van der Waals surface area contributed by atoms with Crippen LogP contribution in [0.1, 0.15) is 25.3 Å². The van der Waals surface area contributed by atoms with Crippen molar-refractivity contribution in [2.24, 2.45) is 0 Å². The van der Waals surface area contributed by atoms with E-state index in [4.69, 9.17) is 0 Å². The van der Waals surface area contributed by atoms with Gasteiger partial charge >= 0.3 is 0 Å². The first-order valence-electron chi connectivity index (χ1n) is 9.36. The number of aliphatic hydroxyl groups excluding tert-OH is 1. The lowest BCUT2D eigenvalue weighted by Gasteiger charge is -2.33. The van der Waals surface area contributed by atoms with E-state index in [2.05, 4.69) is 16.8 Å². The molecule has 7 heteroatoms. The number of carbonyl (C=O) groups excluding carboxylic acids is 1. The second kappa shape index (κ2) is 8.14. The van der Waals surface area contributed by atoms with Crippen LogP contribution in [-0.4, -0.2) is 47.5 Å². The largest absolute Gasteiger partial charge is 0.505 e. The smallest absolute Gasteiger partial charge is 0.254 e. The minimum atomic E-state index is -0.712. The molecule has 0 saturated carbocycles. The van der Waals surface area contributed by atoms with Crippen molar-refractivity contribution in [1.29, 1.82) is 0 Å². The molecule has 1 fully saturated rings. The molecular formula is C21H25F2N3O2. The van der Waals surface area contributed by atoms with E-state index in [1.165, 1.54) is 6.07 Å². The number of allylic oxidation sites excluding steroid dienone is 2. The fraction of sp³-hybridized carbons (Fsp3) is 0.381. The molecule has 1 saturated heterocycles. The average molecular weight is 389 g/mol. The van der Waals surface area contributed by atoms with E-state index in [0.29, 0.717) is 18.5 Å². The normalized spacial score (nSPS) is 16.9. The lowest BCUT2D eigenvalue weighted by atomic mass is 9.96. The fourth-order valence-corrected chi connectivity index (χ4v) is 3.55. The van der Waals surface area contributed by atoms with Gasteiger partial charge in [-0.25, -0.2) is 8.78 Å². The van der Waals surface area contributed by atoms with Crippen molar-refractivity contribution in [2.75, 3.05) is 26.7 Å². The highest BCUT2D eigenvalue weighted by molar-refractivity contribution is 6.00. The lowest BCUT2D eigenvalue weighted by molar-refractivity contribution is -0.117. The van der Waals surface area contributed by atoms with Gasteiger partial charge in [0.25, 0.3) is 5.91 Å². The van der Waals surface area contributed by atoms with E-state index >= 15 is 0 Å². The third-order valence-electron chi connectivity index (χ3n) is 5.24. The molecule has 0 aliphatic carbocycles. The minimum Gasteiger partial charge on any atom is -0.505 e. The van der Waals surface area contributed by atoms with Gasteiger partial charge in [-0.2, -0.15) is 0 Å². The summed E-state index contributed by atoms with van der Waals surface area (Å²) >= 11 is 0. The van der Waals surface area contributed by atoms with Gasteiger partial charge in [-0.3, -0.25) is 4.79 Å². The Morgan fingerprint density at radius 2 is 2.14 bits per heavy atom. The molecule has 0 bridgehead atoms. The zero-order valence-electron chi connectivity index (χ0n) is 16.2. The standard InChI is InChI=1S/C21H25F2N3O2/c1-4-25(3)12-18-20(27)13(2)19(17-6-5-9-26(17)18)21(28)24-11-14-7-8-15(22)10-16(14)23/h7-8,10,27H,2,4-6,9,11-12H2,1,3H3,(H,24,28). The number of amides is 1. The molecule has 3 rings (SSSR count). The van der Waals surface area contributed by atoms with Crippen molar-refractivity contribution in [3.8, 4) is 0 Å². The van der Waals surface area contributed by atoms with Crippen molar-refractivity contribution in [1.82, 2.24) is 15.1 Å². The van der Waals surface area contributed by atoms with Crippen LogP contribution in [0.15, 0.2) is 53.1 Å². The predicted molar refractivity (Wildman–Crippen MR) is 103 cm³/mol. The Morgan fingerprint density at radius 3 is 2.82 bits per heavy atom. The van der Waals surface area contributed by atoms with Crippen LogP contribution in [0.3, 0.4) is 0 Å². The van der Waals surface area contributed by atoms with Crippen molar-refractivity contribution >= 4 is 5.91 Å². The number of benzene rings is 1. The van der Waals surface area contributed by atoms with Gasteiger partial charge in [-0.1, -0.05) is 19.6 Å². The molecule has 2 heterocycles. The van der Waals surface area contributed by atoms with Gasteiger partial charge in [0.15, 0.2) is 0 Å². The van der Waals surface area contributed by atoms with Crippen molar-refractivity contribution in [3.63, 3.8) is 0 Å². The maximum atomic E-state index is 13.8. The lowest BCUT2D eigenvalue weighted by Crippen LogP contribution is -2.36. The van der Waals surface area contributed by atoms with Gasteiger partial charge in [0, 0.05) is 42.5 Å². The topological polar surface area (TPSA) is 55.8 Å². The molecule has 0 aromatic heterocycles. The summed E-state index contributed by atoms with van der Waals surface area (Å²) in [5.41, 5.74) is 2.39. The summed E-state index contributed by atoms with van der Waals surface area (Å²) in [7, 11) is 1.96. The van der Waals surface area contributed by atoms with Gasteiger partial charge < -0.3 is 20.2 Å². The molecule has 2 aliphatic rings. The summed E-state index contributed by atoms with van der Waals surface area (Å²) < 4.78 is 26.9. The monoisotopic (exact) mass is 389 g/mol. The molecular weight excluding hydrogens is 364 g/mol. The van der Waals surface area contributed by atoms with Gasteiger partial charge in [0.05, 0.1) is 11.3 Å². The Kier molecular flexibility index (Phi) is 5.84. The van der Waals surface area contributed by atoms with Crippen LogP contribution < -0.4 is 5.32 Å². The van der Waals surface area contributed by atoms with Crippen LogP contribution in [0.2, 0.25) is 0 Å². The second-order valence-corrected chi connectivity index (χ2v) is 7.10. The van der Waals surface area contributed by atoms with E-state index in [1.54, 1.807) is 0 Å². The summed E-state index contributed by atoms with van der Waals surface area (Å²) in [4.78, 5) is 16.9. The molecule has 2 N–H and O–H groups in total. The summed E-state index contributed by atoms with van der Waals surface area (Å²) in [6.07, 6.45) is 1.58. The number of carbonyl (C=O) groups is 1. The Labute approximate surface area is 163 Å². The summed E-state index contributed by atoms with van der Waals surface area (Å²) in [5.74, 6) is -1.79. The zero-order chi connectivity index (χ0) is 20.4. The van der Waals surface area contributed by atoms with Crippen LogP contribution in [0.25, 0.3) is 0 Å². The zero-order valence-corrected chi connectivity index (χ0v) is 16.2. The van der Waals surface area contributed by atoms with Crippen LogP contribution in [0, 0.1) is 11.6 Å².